The van der Waals surface area contributed by atoms with Crippen LogP contribution < -0.4 is 4.90 Å². The summed E-state index contributed by atoms with van der Waals surface area (Å²) in [5, 5.41) is 7.93. The van der Waals surface area contributed by atoms with Crippen LogP contribution in [0.5, 0.6) is 0 Å². The van der Waals surface area contributed by atoms with Gasteiger partial charge in [0.1, 0.15) is 5.82 Å². The van der Waals surface area contributed by atoms with E-state index in [-0.39, 0.29) is 5.82 Å². The summed E-state index contributed by atoms with van der Waals surface area (Å²) in [5.74, 6) is 0.230. The van der Waals surface area contributed by atoms with Crippen LogP contribution in [-0.4, -0.2) is 39.5 Å². The average molecular weight is 394 g/mol. The number of anilines is 1. The molecule has 1 aromatic heterocycles. The van der Waals surface area contributed by atoms with Crippen LogP contribution in [0.3, 0.4) is 0 Å². The Labute approximate surface area is 171 Å². The van der Waals surface area contributed by atoms with Crippen molar-refractivity contribution in [2.75, 3.05) is 24.5 Å². The average Bonchev–Trinajstić information content (AvgIpc) is 3.33. The first kappa shape index (κ1) is 19.4. The number of aromatic nitrogens is 3. The zero-order chi connectivity index (χ0) is 20.5. The van der Waals surface area contributed by atoms with Crippen molar-refractivity contribution in [3.63, 3.8) is 0 Å². The maximum absolute atomic E-state index is 15.1. The van der Waals surface area contributed by atoms with Crippen molar-refractivity contribution < 1.29 is 4.39 Å². The molecule has 5 nitrogen and oxygen atoms in total. The second-order valence-corrected chi connectivity index (χ2v) is 8.15. The topological polar surface area (TPSA) is 37.2 Å². The van der Waals surface area contributed by atoms with Gasteiger partial charge in [0.2, 0.25) is 0 Å². The van der Waals surface area contributed by atoms with Crippen LogP contribution in [0.15, 0.2) is 55.2 Å². The first-order chi connectivity index (χ1) is 13.9. The summed E-state index contributed by atoms with van der Waals surface area (Å²) in [6.45, 7) is 15.6. The minimum Gasteiger partial charge on any atom is -0.371 e. The molecular formula is C23H28FN5. The number of halogens is 1. The van der Waals surface area contributed by atoms with E-state index in [4.69, 9.17) is 0 Å². The molecule has 1 aromatic carbocycles. The molecule has 1 unspecified atom stereocenters. The quantitative estimate of drug-likeness (QED) is 0.755. The molecule has 0 bridgehead atoms. The number of allylic oxidation sites excluding steroid dienone is 2. The monoisotopic (exact) mass is 393 g/mol. The summed E-state index contributed by atoms with van der Waals surface area (Å²) in [6, 6.07) is 3.67. The fourth-order valence-electron chi connectivity index (χ4n) is 4.35. The van der Waals surface area contributed by atoms with Crippen molar-refractivity contribution >= 4 is 11.3 Å². The Morgan fingerprint density at radius 2 is 2.17 bits per heavy atom. The van der Waals surface area contributed by atoms with Gasteiger partial charge in [-0.05, 0) is 50.0 Å². The molecule has 2 aliphatic rings. The number of hydrogen-bond acceptors (Lipinski definition) is 4. The van der Waals surface area contributed by atoms with Crippen LogP contribution in [0.2, 0.25) is 0 Å². The van der Waals surface area contributed by atoms with E-state index in [0.717, 1.165) is 72.8 Å². The number of benzene rings is 1. The van der Waals surface area contributed by atoms with E-state index >= 15 is 4.39 Å². The fraction of sp³-hybridized carbons (Fsp3) is 0.391. The standard InChI is InChI=1S/C23H28FN5/c1-16(2)27-8-5-20(6-9-27)21-11-17(3)23(13-22(21)24)29-15-19(12-18(29)4)14-28-10-7-25-26-28/h5,7,10-11,13,19H,1,4,6,8-9,12,14-15H2,2-3H3. The molecule has 1 fully saturated rings. The zero-order valence-electron chi connectivity index (χ0n) is 17.2. The molecule has 0 saturated carbocycles. The minimum absolute atomic E-state index is 0.159. The van der Waals surface area contributed by atoms with Crippen LogP contribution in [0.1, 0.15) is 30.9 Å². The maximum Gasteiger partial charge on any atom is 0.132 e. The second kappa shape index (κ2) is 7.85. The number of rotatable bonds is 5. The molecule has 0 radical (unpaired) electrons. The molecule has 152 valence electrons. The molecule has 0 aliphatic carbocycles. The van der Waals surface area contributed by atoms with Gasteiger partial charge in [-0.1, -0.05) is 24.4 Å². The largest absolute Gasteiger partial charge is 0.371 e. The number of hydrogen-bond donors (Lipinski definition) is 0. The van der Waals surface area contributed by atoms with Gasteiger partial charge < -0.3 is 9.80 Å². The molecule has 0 amide bonds. The molecule has 1 atom stereocenters. The second-order valence-electron chi connectivity index (χ2n) is 8.15. The van der Waals surface area contributed by atoms with Crippen molar-refractivity contribution in [2.45, 2.75) is 33.2 Å². The Balaban J connectivity index is 1.53. The summed E-state index contributed by atoms with van der Waals surface area (Å²) >= 11 is 0. The van der Waals surface area contributed by atoms with E-state index in [1.807, 2.05) is 23.9 Å². The molecular weight excluding hydrogens is 365 g/mol. The van der Waals surface area contributed by atoms with Crippen LogP contribution in [0.4, 0.5) is 10.1 Å². The summed E-state index contributed by atoms with van der Waals surface area (Å²) in [5.41, 5.74) is 5.87. The van der Waals surface area contributed by atoms with Crippen LogP contribution in [-0.2, 0) is 6.54 Å². The lowest BCUT2D eigenvalue weighted by atomic mass is 9.96. The van der Waals surface area contributed by atoms with Gasteiger partial charge in [0.05, 0.1) is 6.20 Å². The number of nitrogens with zero attached hydrogens (tertiary/aromatic N) is 5. The first-order valence-electron chi connectivity index (χ1n) is 10.1. The van der Waals surface area contributed by atoms with Gasteiger partial charge in [-0.25, -0.2) is 4.39 Å². The summed E-state index contributed by atoms with van der Waals surface area (Å²) in [4.78, 5) is 4.37. The van der Waals surface area contributed by atoms with Crippen molar-refractivity contribution in [1.82, 2.24) is 19.9 Å². The number of aryl methyl sites for hydroxylation is 1. The van der Waals surface area contributed by atoms with Crippen molar-refractivity contribution in [1.29, 1.82) is 0 Å². The van der Waals surface area contributed by atoms with Crippen molar-refractivity contribution in [2.24, 2.45) is 5.92 Å². The predicted octanol–water partition coefficient (Wildman–Crippen LogP) is 4.39. The Morgan fingerprint density at radius 3 is 2.83 bits per heavy atom. The van der Waals surface area contributed by atoms with Gasteiger partial charge in [-0.15, -0.1) is 5.10 Å². The molecule has 0 N–H and O–H groups in total. The van der Waals surface area contributed by atoms with Gasteiger partial charge in [0, 0.05) is 60.9 Å². The highest BCUT2D eigenvalue weighted by molar-refractivity contribution is 5.72. The Hall–Kier alpha value is -2.89. The summed E-state index contributed by atoms with van der Waals surface area (Å²) in [6.07, 6.45) is 7.40. The molecule has 3 heterocycles. The van der Waals surface area contributed by atoms with E-state index in [1.165, 1.54) is 0 Å². The maximum atomic E-state index is 15.1. The Kier molecular flexibility index (Phi) is 5.26. The zero-order valence-corrected chi connectivity index (χ0v) is 17.2. The summed E-state index contributed by atoms with van der Waals surface area (Å²) < 4.78 is 17.0. The molecule has 29 heavy (non-hydrogen) atoms. The third-order valence-electron chi connectivity index (χ3n) is 5.94. The lowest BCUT2D eigenvalue weighted by Gasteiger charge is -2.29. The normalized spacial score (nSPS) is 19.6. The van der Waals surface area contributed by atoms with Crippen LogP contribution in [0, 0.1) is 18.7 Å². The van der Waals surface area contributed by atoms with E-state index < -0.39 is 0 Å². The van der Waals surface area contributed by atoms with Gasteiger partial charge in [-0.3, -0.25) is 4.68 Å². The minimum atomic E-state index is -0.159. The predicted molar refractivity (Wildman–Crippen MR) is 115 cm³/mol. The van der Waals surface area contributed by atoms with Gasteiger partial charge in [-0.2, -0.15) is 0 Å². The third kappa shape index (κ3) is 3.97. The molecule has 2 aromatic rings. The molecule has 6 heteroatoms. The SMILES string of the molecule is C=C(C)N1CC=C(c2cc(C)c(N3CC(Cn4ccnn4)CC3=C)cc2F)CC1. The third-order valence-corrected chi connectivity index (χ3v) is 5.94. The molecule has 0 spiro atoms. The smallest absolute Gasteiger partial charge is 0.132 e. The van der Waals surface area contributed by atoms with E-state index in [9.17, 15) is 0 Å². The fourth-order valence-corrected chi connectivity index (χ4v) is 4.35. The summed E-state index contributed by atoms with van der Waals surface area (Å²) in [7, 11) is 0. The first-order valence-corrected chi connectivity index (χ1v) is 10.1. The van der Waals surface area contributed by atoms with Crippen molar-refractivity contribution in [3.05, 3.63) is 72.1 Å². The highest BCUT2D eigenvalue weighted by atomic mass is 19.1. The van der Waals surface area contributed by atoms with E-state index in [2.05, 4.69) is 46.3 Å². The molecule has 2 aliphatic heterocycles. The Morgan fingerprint density at radius 1 is 1.34 bits per heavy atom. The van der Waals surface area contributed by atoms with Crippen molar-refractivity contribution in [3.8, 4) is 0 Å². The Bertz CT molecular complexity index is 960. The lowest BCUT2D eigenvalue weighted by Crippen LogP contribution is -2.26. The van der Waals surface area contributed by atoms with Crippen LogP contribution >= 0.6 is 0 Å². The van der Waals surface area contributed by atoms with Crippen LogP contribution in [0.25, 0.3) is 5.57 Å². The van der Waals surface area contributed by atoms with Gasteiger partial charge in [0.25, 0.3) is 0 Å². The molecule has 1 saturated heterocycles. The van der Waals surface area contributed by atoms with E-state index in [1.54, 1.807) is 12.3 Å². The lowest BCUT2D eigenvalue weighted by molar-refractivity contribution is 0.381. The molecule has 4 rings (SSSR count). The highest BCUT2D eigenvalue weighted by Crippen LogP contribution is 2.36. The van der Waals surface area contributed by atoms with E-state index in [0.29, 0.717) is 5.92 Å². The highest BCUT2D eigenvalue weighted by Gasteiger charge is 2.28. The van der Waals surface area contributed by atoms with Gasteiger partial charge >= 0.3 is 0 Å². The van der Waals surface area contributed by atoms with Gasteiger partial charge in [0.15, 0.2) is 0 Å².